The molecule has 0 heterocycles. The van der Waals surface area contributed by atoms with Gasteiger partial charge in [0, 0.05) is 5.88 Å². The molecule has 3 rings (SSSR count). The van der Waals surface area contributed by atoms with E-state index in [1.54, 1.807) is 11.1 Å². The number of aryl methyl sites for hydroxylation is 1. The van der Waals surface area contributed by atoms with Crippen molar-refractivity contribution in [2.75, 3.05) is 5.88 Å². The number of hydrogen-bond acceptors (Lipinski definition) is 0. The molecule has 2 aromatic carbocycles. The van der Waals surface area contributed by atoms with E-state index in [1.165, 1.54) is 74.5 Å². The van der Waals surface area contributed by atoms with Crippen LogP contribution in [0.15, 0.2) is 42.5 Å². The zero-order valence-electron chi connectivity index (χ0n) is 14.7. The summed E-state index contributed by atoms with van der Waals surface area (Å²) < 4.78 is 0. The van der Waals surface area contributed by atoms with E-state index >= 15 is 0 Å². The van der Waals surface area contributed by atoms with Crippen LogP contribution in [0.5, 0.6) is 0 Å². The molecule has 24 heavy (non-hydrogen) atoms. The minimum atomic E-state index is 0.825. The Kier molecular flexibility index (Phi) is 6.78. The lowest BCUT2D eigenvalue weighted by Gasteiger charge is -2.08. The predicted octanol–water partition coefficient (Wildman–Crippen LogP) is 7.16. The number of rotatable bonds is 10. The van der Waals surface area contributed by atoms with Gasteiger partial charge in [-0.1, -0.05) is 81.0 Å². The summed E-state index contributed by atoms with van der Waals surface area (Å²) in [6.45, 7) is 0. The molecule has 0 atom stereocenters. The van der Waals surface area contributed by atoms with Gasteiger partial charge < -0.3 is 0 Å². The fraction of sp³-hybridized carbons (Fsp3) is 0.478. The van der Waals surface area contributed by atoms with Crippen molar-refractivity contribution in [1.29, 1.82) is 0 Å². The Balaban J connectivity index is 1.43. The van der Waals surface area contributed by atoms with Crippen LogP contribution in [0.3, 0.4) is 0 Å². The molecule has 0 spiro atoms. The Hall–Kier alpha value is -1.27. The van der Waals surface area contributed by atoms with Gasteiger partial charge in [-0.25, -0.2) is 0 Å². The van der Waals surface area contributed by atoms with Crippen molar-refractivity contribution in [2.24, 2.45) is 0 Å². The van der Waals surface area contributed by atoms with Crippen molar-refractivity contribution in [3.05, 3.63) is 59.2 Å². The maximum atomic E-state index is 5.71. The predicted molar refractivity (Wildman–Crippen MR) is 106 cm³/mol. The second kappa shape index (κ2) is 9.28. The van der Waals surface area contributed by atoms with Crippen LogP contribution in [0.2, 0.25) is 0 Å². The molecule has 0 aromatic heterocycles. The van der Waals surface area contributed by atoms with Crippen molar-refractivity contribution >= 4 is 11.6 Å². The first-order valence-corrected chi connectivity index (χ1v) is 10.2. The smallest absolute Gasteiger partial charge is 0.0223 e. The van der Waals surface area contributed by atoms with E-state index in [2.05, 4.69) is 42.5 Å². The Morgan fingerprint density at radius 2 is 1.33 bits per heavy atom. The molecule has 0 saturated heterocycles. The Labute approximate surface area is 152 Å². The summed E-state index contributed by atoms with van der Waals surface area (Å²) in [4.78, 5) is 0. The van der Waals surface area contributed by atoms with Gasteiger partial charge in [0.1, 0.15) is 0 Å². The summed E-state index contributed by atoms with van der Waals surface area (Å²) in [7, 11) is 0. The molecule has 1 heteroatoms. The highest BCUT2D eigenvalue weighted by Gasteiger charge is 2.19. The molecule has 0 unspecified atom stereocenters. The molecule has 1 aliphatic carbocycles. The van der Waals surface area contributed by atoms with E-state index in [0.717, 1.165) is 12.3 Å². The van der Waals surface area contributed by atoms with Crippen molar-refractivity contribution in [3.63, 3.8) is 0 Å². The molecule has 0 bridgehead atoms. The fourth-order valence-corrected chi connectivity index (χ4v) is 4.12. The summed E-state index contributed by atoms with van der Waals surface area (Å²) in [5.74, 6) is 0.825. The number of unbranched alkanes of at least 4 members (excludes halogenated alkanes) is 7. The molecular formula is C23H29Cl. The molecule has 0 saturated carbocycles. The van der Waals surface area contributed by atoms with Crippen molar-refractivity contribution in [1.82, 2.24) is 0 Å². The van der Waals surface area contributed by atoms with Gasteiger partial charge >= 0.3 is 0 Å². The number of alkyl halides is 1. The normalized spacial score (nSPS) is 12.2. The number of hydrogen-bond donors (Lipinski definition) is 0. The lowest BCUT2D eigenvalue weighted by molar-refractivity contribution is 0.576. The van der Waals surface area contributed by atoms with Crippen LogP contribution in [0.25, 0.3) is 11.1 Å². The first-order chi connectivity index (χ1) is 11.9. The monoisotopic (exact) mass is 340 g/mol. The van der Waals surface area contributed by atoms with Crippen molar-refractivity contribution in [2.45, 2.75) is 64.2 Å². The highest BCUT2D eigenvalue weighted by molar-refractivity contribution is 6.17. The highest BCUT2D eigenvalue weighted by atomic mass is 35.5. The zero-order valence-corrected chi connectivity index (χ0v) is 15.5. The van der Waals surface area contributed by atoms with Crippen LogP contribution in [0, 0.1) is 0 Å². The van der Waals surface area contributed by atoms with Crippen LogP contribution in [0.4, 0.5) is 0 Å². The van der Waals surface area contributed by atoms with Crippen molar-refractivity contribution in [3.8, 4) is 11.1 Å². The largest absolute Gasteiger partial charge is 0.127 e. The first-order valence-electron chi connectivity index (χ1n) is 9.65. The van der Waals surface area contributed by atoms with Gasteiger partial charge in [0.05, 0.1) is 0 Å². The number of fused-ring (bicyclic) bond motifs is 3. The van der Waals surface area contributed by atoms with E-state index in [-0.39, 0.29) is 0 Å². The second-order valence-corrected chi connectivity index (χ2v) is 7.42. The van der Waals surface area contributed by atoms with Gasteiger partial charge in [0.2, 0.25) is 0 Å². The standard InChI is InChI=1S/C23H29Cl/c24-17-10-6-4-2-1-3-5-7-12-19-14-11-16-22-21-15-9-8-13-20(21)18-23(19)22/h8-9,11,13-16H,1-7,10,12,17-18H2. The summed E-state index contributed by atoms with van der Waals surface area (Å²) in [5.41, 5.74) is 7.58. The summed E-state index contributed by atoms with van der Waals surface area (Å²) in [5, 5.41) is 0. The van der Waals surface area contributed by atoms with E-state index < -0.39 is 0 Å². The molecule has 0 aliphatic heterocycles. The van der Waals surface area contributed by atoms with E-state index in [9.17, 15) is 0 Å². The highest BCUT2D eigenvalue weighted by Crippen LogP contribution is 2.38. The minimum absolute atomic E-state index is 0.825. The van der Waals surface area contributed by atoms with Gasteiger partial charge in [-0.15, -0.1) is 11.6 Å². The van der Waals surface area contributed by atoms with Crippen LogP contribution in [0.1, 0.15) is 68.1 Å². The maximum Gasteiger partial charge on any atom is 0.0223 e. The minimum Gasteiger partial charge on any atom is -0.127 e. The van der Waals surface area contributed by atoms with Gasteiger partial charge in [0.15, 0.2) is 0 Å². The molecule has 0 amide bonds. The molecule has 1 aliphatic rings. The molecule has 0 nitrogen and oxygen atoms in total. The molecule has 128 valence electrons. The Bertz CT molecular complexity index is 644. The van der Waals surface area contributed by atoms with Gasteiger partial charge in [0.25, 0.3) is 0 Å². The fourth-order valence-electron chi connectivity index (χ4n) is 3.93. The molecule has 0 fully saturated rings. The van der Waals surface area contributed by atoms with E-state index in [0.29, 0.717) is 0 Å². The zero-order chi connectivity index (χ0) is 16.6. The second-order valence-electron chi connectivity index (χ2n) is 7.04. The molecule has 2 aromatic rings. The quantitative estimate of drug-likeness (QED) is 0.271. The summed E-state index contributed by atoms with van der Waals surface area (Å²) in [6.07, 6.45) is 13.1. The topological polar surface area (TPSA) is 0 Å². The lowest BCUT2D eigenvalue weighted by Crippen LogP contribution is -1.93. The summed E-state index contributed by atoms with van der Waals surface area (Å²) in [6, 6.07) is 15.8. The Morgan fingerprint density at radius 1 is 0.667 bits per heavy atom. The third-order valence-corrected chi connectivity index (χ3v) is 5.54. The average molecular weight is 341 g/mol. The van der Waals surface area contributed by atoms with Crippen LogP contribution in [-0.2, 0) is 12.8 Å². The van der Waals surface area contributed by atoms with E-state index in [4.69, 9.17) is 11.6 Å². The number of benzene rings is 2. The molecule has 0 radical (unpaired) electrons. The lowest BCUT2D eigenvalue weighted by atomic mass is 9.96. The first kappa shape index (κ1) is 17.5. The van der Waals surface area contributed by atoms with Crippen LogP contribution in [-0.4, -0.2) is 5.88 Å². The van der Waals surface area contributed by atoms with Crippen LogP contribution < -0.4 is 0 Å². The summed E-state index contributed by atoms with van der Waals surface area (Å²) >= 11 is 5.71. The molecule has 0 N–H and O–H groups in total. The van der Waals surface area contributed by atoms with Crippen LogP contribution >= 0.6 is 11.6 Å². The average Bonchev–Trinajstić information content (AvgIpc) is 3.00. The van der Waals surface area contributed by atoms with Gasteiger partial charge in [-0.2, -0.15) is 0 Å². The third-order valence-electron chi connectivity index (χ3n) is 5.28. The van der Waals surface area contributed by atoms with Gasteiger partial charge in [-0.3, -0.25) is 0 Å². The maximum absolute atomic E-state index is 5.71. The Morgan fingerprint density at radius 3 is 2.12 bits per heavy atom. The SMILES string of the molecule is ClCCCCCCCCCCc1cccc2c1Cc1ccccc1-2. The third kappa shape index (κ3) is 4.42. The molecular weight excluding hydrogens is 312 g/mol. The van der Waals surface area contributed by atoms with Gasteiger partial charge in [-0.05, 0) is 53.5 Å². The van der Waals surface area contributed by atoms with E-state index in [1.807, 2.05) is 0 Å². The van der Waals surface area contributed by atoms with Crippen molar-refractivity contribution < 1.29 is 0 Å². The number of halogens is 1.